The molecule has 0 spiro atoms. The van der Waals surface area contributed by atoms with Crippen molar-refractivity contribution in [2.75, 3.05) is 12.9 Å². The molecule has 3 aromatic heterocycles. The number of primary amides is 1. The lowest BCUT2D eigenvalue weighted by Crippen LogP contribution is -2.19. The molecule has 0 atom stereocenters. The second kappa shape index (κ2) is 7.24. The van der Waals surface area contributed by atoms with Crippen LogP contribution in [0.4, 0.5) is 13.2 Å². The predicted octanol–water partition coefficient (Wildman–Crippen LogP) is 1.97. The summed E-state index contributed by atoms with van der Waals surface area (Å²) in [5.41, 5.74) is 5.54. The number of rotatable bonds is 6. The fourth-order valence-electron chi connectivity index (χ4n) is 2.22. The van der Waals surface area contributed by atoms with Gasteiger partial charge in [-0.3, -0.25) is 4.79 Å². The van der Waals surface area contributed by atoms with Gasteiger partial charge in [-0.1, -0.05) is 0 Å². The second-order valence-corrected chi connectivity index (χ2v) is 7.89. The molecule has 2 N–H and O–H groups in total. The van der Waals surface area contributed by atoms with Gasteiger partial charge in [0.05, 0.1) is 11.1 Å². The summed E-state index contributed by atoms with van der Waals surface area (Å²) in [6.45, 7) is -1.67. The zero-order chi connectivity index (χ0) is 21.4. The Balaban J connectivity index is 1.96. The van der Waals surface area contributed by atoms with E-state index in [1.54, 1.807) is 0 Å². The minimum atomic E-state index is -4.65. The van der Waals surface area contributed by atoms with Gasteiger partial charge in [0.25, 0.3) is 11.8 Å². The number of sulfone groups is 1. The lowest BCUT2D eigenvalue weighted by molar-refractivity contribution is -0.153. The molecule has 3 aromatic rings. The van der Waals surface area contributed by atoms with Crippen LogP contribution in [0.1, 0.15) is 10.5 Å². The summed E-state index contributed by atoms with van der Waals surface area (Å²) in [4.78, 5) is 18.6. The van der Waals surface area contributed by atoms with Gasteiger partial charge in [0.2, 0.25) is 0 Å². The highest BCUT2D eigenvalue weighted by atomic mass is 32.2. The van der Waals surface area contributed by atoms with Crippen LogP contribution < -0.4 is 15.2 Å². The number of nitrogens with two attached hydrogens (primary N) is 1. The number of pyridine rings is 2. The molecule has 0 radical (unpaired) electrons. The molecule has 3 heterocycles. The number of hydrogen-bond acceptors (Lipinski definition) is 7. The van der Waals surface area contributed by atoms with E-state index in [1.807, 2.05) is 0 Å². The third-order valence-corrected chi connectivity index (χ3v) is 4.58. The largest absolute Gasteiger partial charge is 0.478 e. The molecule has 0 aromatic carbocycles. The first-order valence-corrected chi connectivity index (χ1v) is 9.67. The molecule has 3 rings (SSSR count). The Morgan fingerprint density at radius 2 is 2.00 bits per heavy atom. The van der Waals surface area contributed by atoms with Gasteiger partial charge in [0.15, 0.2) is 22.2 Å². The molecule has 0 aliphatic heterocycles. The van der Waals surface area contributed by atoms with E-state index in [2.05, 4.69) is 14.7 Å². The van der Waals surface area contributed by atoms with Crippen LogP contribution in [0, 0.1) is 0 Å². The zero-order valence-corrected chi connectivity index (χ0v) is 15.5. The lowest BCUT2D eigenvalue weighted by Gasteiger charge is -2.14. The van der Waals surface area contributed by atoms with E-state index in [1.165, 1.54) is 28.9 Å². The van der Waals surface area contributed by atoms with Gasteiger partial charge >= 0.3 is 6.18 Å². The Kier molecular flexibility index (Phi) is 5.09. The Bertz CT molecular complexity index is 1190. The van der Waals surface area contributed by atoms with Crippen molar-refractivity contribution >= 4 is 21.4 Å². The quantitative estimate of drug-likeness (QED) is 0.634. The number of ether oxygens (including phenoxy) is 2. The summed E-state index contributed by atoms with van der Waals surface area (Å²) in [7, 11) is -3.74. The second-order valence-electron chi connectivity index (χ2n) is 5.87. The number of aromatic nitrogens is 3. The van der Waals surface area contributed by atoms with Gasteiger partial charge in [-0.05, 0) is 12.1 Å². The van der Waals surface area contributed by atoms with Gasteiger partial charge in [-0.15, -0.1) is 0 Å². The SMILES string of the molecule is CS(=O)(=O)c1cnc(Oc2ccc3nc(C(N)=O)cn3c2)c(OCC(F)(F)F)c1. The molecule has 29 heavy (non-hydrogen) atoms. The number of imidazole rings is 1. The maximum Gasteiger partial charge on any atom is 0.422 e. The number of nitrogens with zero attached hydrogens (tertiary/aromatic N) is 3. The van der Waals surface area contributed by atoms with Gasteiger partial charge in [0, 0.05) is 24.7 Å². The van der Waals surface area contributed by atoms with Gasteiger partial charge in [-0.2, -0.15) is 13.2 Å². The molecule has 0 aliphatic rings. The molecule has 0 aliphatic carbocycles. The maximum absolute atomic E-state index is 12.5. The van der Waals surface area contributed by atoms with E-state index >= 15 is 0 Å². The number of hydrogen-bond donors (Lipinski definition) is 1. The predicted molar refractivity (Wildman–Crippen MR) is 92.7 cm³/mol. The Hall–Kier alpha value is -3.35. The average Bonchev–Trinajstić information content (AvgIpc) is 3.03. The van der Waals surface area contributed by atoms with E-state index in [4.69, 9.17) is 10.5 Å². The highest BCUT2D eigenvalue weighted by molar-refractivity contribution is 7.90. The summed E-state index contributed by atoms with van der Waals surface area (Å²) < 4.78 is 72.4. The maximum atomic E-state index is 12.5. The van der Waals surface area contributed by atoms with E-state index in [9.17, 15) is 26.4 Å². The van der Waals surface area contributed by atoms with Crippen LogP contribution in [-0.2, 0) is 9.84 Å². The van der Waals surface area contributed by atoms with Gasteiger partial charge in [-0.25, -0.2) is 18.4 Å². The topological polar surface area (TPSA) is 126 Å². The van der Waals surface area contributed by atoms with Crippen molar-refractivity contribution in [2.24, 2.45) is 5.73 Å². The van der Waals surface area contributed by atoms with Crippen LogP contribution in [0.5, 0.6) is 17.4 Å². The molecule has 0 fully saturated rings. The summed E-state index contributed by atoms with van der Waals surface area (Å²) in [5.74, 6) is -1.51. The normalized spacial score (nSPS) is 12.1. The number of carbonyl (C=O) groups excluding carboxylic acids is 1. The molecule has 154 valence electrons. The number of carbonyl (C=O) groups is 1. The molecule has 13 heteroatoms. The molecule has 0 saturated heterocycles. The molecule has 1 amide bonds. The molecule has 0 bridgehead atoms. The molecule has 0 saturated carbocycles. The smallest absolute Gasteiger partial charge is 0.422 e. The van der Waals surface area contributed by atoms with Crippen LogP contribution in [0.25, 0.3) is 5.65 Å². The number of amides is 1. The van der Waals surface area contributed by atoms with Crippen LogP contribution >= 0.6 is 0 Å². The number of halogens is 3. The zero-order valence-electron chi connectivity index (χ0n) is 14.7. The Morgan fingerprint density at radius 1 is 1.28 bits per heavy atom. The van der Waals surface area contributed by atoms with Crippen molar-refractivity contribution in [1.82, 2.24) is 14.4 Å². The highest BCUT2D eigenvalue weighted by Crippen LogP contribution is 2.32. The van der Waals surface area contributed by atoms with E-state index in [-0.39, 0.29) is 22.2 Å². The monoisotopic (exact) mass is 430 g/mol. The first-order chi connectivity index (χ1) is 13.4. The highest BCUT2D eigenvalue weighted by Gasteiger charge is 2.29. The van der Waals surface area contributed by atoms with Crippen LogP contribution in [-0.4, -0.2) is 47.7 Å². The third kappa shape index (κ3) is 4.93. The van der Waals surface area contributed by atoms with Crippen molar-refractivity contribution in [3.63, 3.8) is 0 Å². The molecule has 9 nitrogen and oxygen atoms in total. The van der Waals surface area contributed by atoms with Gasteiger partial charge in [0.1, 0.15) is 17.1 Å². The Labute approximate surface area is 161 Å². The summed E-state index contributed by atoms with van der Waals surface area (Å²) >= 11 is 0. The van der Waals surface area contributed by atoms with E-state index < -0.39 is 34.3 Å². The van der Waals surface area contributed by atoms with Crippen molar-refractivity contribution in [1.29, 1.82) is 0 Å². The minimum absolute atomic E-state index is 0.00646. The number of fused-ring (bicyclic) bond motifs is 1. The Morgan fingerprint density at radius 3 is 2.62 bits per heavy atom. The third-order valence-electron chi connectivity index (χ3n) is 3.50. The lowest BCUT2D eigenvalue weighted by atomic mass is 10.4. The fourth-order valence-corrected chi connectivity index (χ4v) is 2.78. The van der Waals surface area contributed by atoms with Gasteiger partial charge < -0.3 is 19.6 Å². The minimum Gasteiger partial charge on any atom is -0.478 e. The first-order valence-electron chi connectivity index (χ1n) is 7.78. The molecule has 0 unspecified atom stereocenters. The van der Waals surface area contributed by atoms with Crippen molar-refractivity contribution in [2.45, 2.75) is 11.1 Å². The van der Waals surface area contributed by atoms with Crippen LogP contribution in [0.15, 0.2) is 41.7 Å². The summed E-state index contributed by atoms with van der Waals surface area (Å²) in [6.07, 6.45) is -0.118. The standard InChI is InChI=1S/C16H13F3N4O5S/c1-29(25,26)10-4-12(27-8-16(17,18)19)15(21-5-10)28-9-2-3-13-22-11(14(20)24)7-23(13)6-9/h2-7H,8H2,1H3,(H2,20,24). The van der Waals surface area contributed by atoms with Crippen molar-refractivity contribution < 1.29 is 35.9 Å². The average molecular weight is 430 g/mol. The fraction of sp³-hybridized carbons (Fsp3) is 0.188. The van der Waals surface area contributed by atoms with Crippen molar-refractivity contribution in [3.8, 4) is 17.4 Å². The van der Waals surface area contributed by atoms with E-state index in [0.29, 0.717) is 5.65 Å². The molecular weight excluding hydrogens is 417 g/mol. The summed E-state index contributed by atoms with van der Waals surface area (Å²) in [6, 6.07) is 3.79. The van der Waals surface area contributed by atoms with Crippen LogP contribution in [0.2, 0.25) is 0 Å². The number of alkyl halides is 3. The van der Waals surface area contributed by atoms with E-state index in [0.717, 1.165) is 18.5 Å². The van der Waals surface area contributed by atoms with Crippen LogP contribution in [0.3, 0.4) is 0 Å². The summed E-state index contributed by atoms with van der Waals surface area (Å²) in [5, 5.41) is 0. The first kappa shape index (κ1) is 20.4. The van der Waals surface area contributed by atoms with Crippen molar-refractivity contribution in [3.05, 3.63) is 42.5 Å². The molecular formula is C16H13F3N4O5S.